The van der Waals surface area contributed by atoms with Crippen LogP contribution in [0.4, 0.5) is 0 Å². The highest BCUT2D eigenvalue weighted by Crippen LogP contribution is 2.32. The van der Waals surface area contributed by atoms with E-state index in [1.54, 1.807) is 31.4 Å². The van der Waals surface area contributed by atoms with Crippen molar-refractivity contribution in [2.45, 2.75) is 34.1 Å². The Labute approximate surface area is 215 Å². The van der Waals surface area contributed by atoms with Gasteiger partial charge in [-0.3, -0.25) is 10.2 Å². The summed E-state index contributed by atoms with van der Waals surface area (Å²) in [6.45, 7) is 8.93. The third-order valence-electron chi connectivity index (χ3n) is 5.59. The van der Waals surface area contributed by atoms with Gasteiger partial charge in [-0.1, -0.05) is 32.9 Å². The molecule has 1 amide bonds. The van der Waals surface area contributed by atoms with E-state index in [0.29, 0.717) is 35.4 Å². The highest BCUT2D eigenvalue weighted by molar-refractivity contribution is 8.27. The largest absolute Gasteiger partial charge is 0.493 e. The van der Waals surface area contributed by atoms with Gasteiger partial charge in [0, 0.05) is 5.92 Å². The first-order valence-electron chi connectivity index (χ1n) is 11.8. The lowest BCUT2D eigenvalue weighted by Crippen LogP contribution is -2.35. The number of nitrogens with one attached hydrogen (secondary N) is 1. The summed E-state index contributed by atoms with van der Waals surface area (Å²) in [5.41, 5.74) is 3.26. The molecule has 0 radical (unpaired) electrons. The van der Waals surface area contributed by atoms with Gasteiger partial charge in [-0.2, -0.15) is 15.1 Å². The van der Waals surface area contributed by atoms with E-state index in [1.165, 1.54) is 27.9 Å². The summed E-state index contributed by atoms with van der Waals surface area (Å²) in [4.78, 5) is 16.8. The van der Waals surface area contributed by atoms with Crippen molar-refractivity contribution in [1.29, 1.82) is 5.41 Å². The molecule has 0 bridgehead atoms. The number of thioether (sulfide) groups is 1. The summed E-state index contributed by atoms with van der Waals surface area (Å²) in [5.74, 6) is 1.64. The predicted molar refractivity (Wildman–Crippen MR) is 144 cm³/mol. The zero-order valence-corrected chi connectivity index (χ0v) is 21.9. The molecule has 2 aliphatic heterocycles. The van der Waals surface area contributed by atoms with Crippen LogP contribution in [0.5, 0.6) is 17.2 Å². The number of nitrogens with zero attached hydrogens (tertiary/aromatic N) is 3. The standard InChI is InChI=1S/C27H30N4O4S/c1-6-18-11-17(4)12-20(13-18)34-9-10-35-22-8-7-19(15-23(22)33-5)14-21-24(28)31-27(29-25(21)32)36-26(30-31)16(2)3/h7-8,11-16,28H,6,9-10H2,1-5H3/b21-14-,28-24?. The van der Waals surface area contributed by atoms with E-state index in [-0.39, 0.29) is 17.3 Å². The smallest absolute Gasteiger partial charge is 0.283 e. The maximum atomic E-state index is 12.6. The fraction of sp³-hybridized carbons (Fsp3) is 0.333. The Morgan fingerprint density at radius 1 is 1.11 bits per heavy atom. The lowest BCUT2D eigenvalue weighted by Gasteiger charge is -2.20. The van der Waals surface area contributed by atoms with Crippen LogP contribution in [0.15, 0.2) is 52.1 Å². The number of methoxy groups -OCH3 is 1. The van der Waals surface area contributed by atoms with Crippen molar-refractivity contribution < 1.29 is 19.0 Å². The molecule has 0 saturated heterocycles. The molecule has 2 heterocycles. The fourth-order valence-corrected chi connectivity index (χ4v) is 4.62. The topological polar surface area (TPSA) is 96.6 Å². The van der Waals surface area contributed by atoms with Crippen molar-refractivity contribution in [3.63, 3.8) is 0 Å². The van der Waals surface area contributed by atoms with Gasteiger partial charge in [-0.25, -0.2) is 0 Å². The van der Waals surface area contributed by atoms with E-state index >= 15 is 0 Å². The SMILES string of the molecule is CCc1cc(C)cc(OCCOc2ccc(/C=C3/C(=N)N4N=C(C(C)C)SC4=NC3=O)cc2OC)c1. The van der Waals surface area contributed by atoms with Crippen LogP contribution in [0.2, 0.25) is 0 Å². The van der Waals surface area contributed by atoms with Crippen LogP contribution in [0.1, 0.15) is 37.5 Å². The minimum Gasteiger partial charge on any atom is -0.493 e. The average Bonchev–Trinajstić information content (AvgIpc) is 3.29. The molecule has 2 aliphatic rings. The number of fused-ring (bicyclic) bond motifs is 1. The number of amidine groups is 2. The fourth-order valence-electron chi connectivity index (χ4n) is 3.72. The van der Waals surface area contributed by atoms with Crippen LogP contribution in [-0.4, -0.2) is 47.3 Å². The third kappa shape index (κ3) is 5.62. The molecular formula is C27H30N4O4S. The molecule has 4 rings (SSSR count). The summed E-state index contributed by atoms with van der Waals surface area (Å²) >= 11 is 1.33. The maximum absolute atomic E-state index is 12.6. The number of ether oxygens (including phenoxy) is 3. The second-order valence-electron chi connectivity index (χ2n) is 8.73. The minimum absolute atomic E-state index is 0.00645. The van der Waals surface area contributed by atoms with E-state index < -0.39 is 5.91 Å². The number of rotatable bonds is 9. The zero-order chi connectivity index (χ0) is 25.8. The molecule has 0 aromatic heterocycles. The van der Waals surface area contributed by atoms with Gasteiger partial charge in [-0.05, 0) is 72.1 Å². The summed E-state index contributed by atoms with van der Waals surface area (Å²) in [6.07, 6.45) is 2.58. The first-order chi connectivity index (χ1) is 17.3. The first-order valence-corrected chi connectivity index (χ1v) is 12.6. The number of carbonyl (C=O) groups excluding carboxylic acids is 1. The van der Waals surface area contributed by atoms with Crippen LogP contribution in [0.3, 0.4) is 0 Å². The molecule has 0 saturated carbocycles. The number of benzene rings is 2. The molecule has 0 aliphatic carbocycles. The van der Waals surface area contributed by atoms with Crippen LogP contribution in [-0.2, 0) is 11.2 Å². The maximum Gasteiger partial charge on any atom is 0.283 e. The Morgan fingerprint density at radius 2 is 1.89 bits per heavy atom. The second kappa shape index (κ2) is 11.0. The number of hydrazone groups is 1. The Balaban J connectivity index is 1.43. The Bertz CT molecular complexity index is 1280. The van der Waals surface area contributed by atoms with Crippen molar-refractivity contribution in [1.82, 2.24) is 5.01 Å². The van der Waals surface area contributed by atoms with Gasteiger partial charge < -0.3 is 14.2 Å². The molecule has 9 heteroatoms. The van der Waals surface area contributed by atoms with E-state index in [9.17, 15) is 4.79 Å². The van der Waals surface area contributed by atoms with Crippen molar-refractivity contribution in [3.8, 4) is 17.2 Å². The van der Waals surface area contributed by atoms with E-state index in [4.69, 9.17) is 19.6 Å². The third-order valence-corrected chi connectivity index (χ3v) is 6.80. The second-order valence-corrected chi connectivity index (χ2v) is 9.72. The van der Waals surface area contributed by atoms with E-state index in [0.717, 1.165) is 17.2 Å². The number of hydrogen-bond acceptors (Lipinski definition) is 7. The van der Waals surface area contributed by atoms with Gasteiger partial charge >= 0.3 is 0 Å². The number of aliphatic imine (C=N–C) groups is 1. The quantitative estimate of drug-likeness (QED) is 0.366. The molecular weight excluding hydrogens is 476 g/mol. The summed E-state index contributed by atoms with van der Waals surface area (Å²) in [5, 5.41) is 15.6. The van der Waals surface area contributed by atoms with Gasteiger partial charge in [0.25, 0.3) is 5.91 Å². The lowest BCUT2D eigenvalue weighted by atomic mass is 10.1. The minimum atomic E-state index is -0.460. The number of carbonyl (C=O) groups is 1. The zero-order valence-electron chi connectivity index (χ0n) is 21.1. The predicted octanol–water partition coefficient (Wildman–Crippen LogP) is 5.30. The average molecular weight is 507 g/mol. The van der Waals surface area contributed by atoms with Crippen molar-refractivity contribution in [2.24, 2.45) is 16.0 Å². The number of aryl methyl sites for hydroxylation is 2. The molecule has 188 valence electrons. The lowest BCUT2D eigenvalue weighted by molar-refractivity contribution is -0.114. The van der Waals surface area contributed by atoms with Crippen molar-refractivity contribution in [3.05, 3.63) is 58.7 Å². The number of amides is 1. The van der Waals surface area contributed by atoms with Gasteiger partial charge in [0.1, 0.15) is 24.0 Å². The van der Waals surface area contributed by atoms with Crippen LogP contribution >= 0.6 is 11.8 Å². The van der Waals surface area contributed by atoms with Crippen molar-refractivity contribution >= 4 is 39.8 Å². The number of hydrogen-bond donors (Lipinski definition) is 1. The molecule has 2 aromatic carbocycles. The van der Waals surface area contributed by atoms with Crippen molar-refractivity contribution in [2.75, 3.05) is 20.3 Å². The Hall–Kier alpha value is -3.59. The summed E-state index contributed by atoms with van der Waals surface area (Å²) in [6, 6.07) is 11.6. The highest BCUT2D eigenvalue weighted by atomic mass is 32.2. The molecule has 0 atom stereocenters. The molecule has 0 spiro atoms. The highest BCUT2D eigenvalue weighted by Gasteiger charge is 2.36. The molecule has 2 aromatic rings. The van der Waals surface area contributed by atoms with Gasteiger partial charge in [0.2, 0.25) is 5.17 Å². The molecule has 0 unspecified atom stereocenters. The Kier molecular flexibility index (Phi) is 7.79. The van der Waals surface area contributed by atoms with Gasteiger partial charge in [-0.15, -0.1) is 0 Å². The molecule has 36 heavy (non-hydrogen) atoms. The van der Waals surface area contributed by atoms with Gasteiger partial charge in [0.05, 0.1) is 12.7 Å². The Morgan fingerprint density at radius 3 is 2.61 bits per heavy atom. The van der Waals surface area contributed by atoms with Crippen LogP contribution < -0.4 is 14.2 Å². The first kappa shape index (κ1) is 25.5. The monoisotopic (exact) mass is 506 g/mol. The summed E-state index contributed by atoms with van der Waals surface area (Å²) in [7, 11) is 1.56. The molecule has 8 nitrogen and oxygen atoms in total. The van der Waals surface area contributed by atoms with E-state index in [2.05, 4.69) is 30.0 Å². The molecule has 0 fully saturated rings. The van der Waals surface area contributed by atoms with Gasteiger partial charge in [0.15, 0.2) is 17.3 Å². The van der Waals surface area contributed by atoms with Crippen LogP contribution in [0, 0.1) is 18.3 Å². The van der Waals surface area contributed by atoms with E-state index in [1.807, 2.05) is 26.0 Å². The molecule has 1 N–H and O–H groups in total. The normalized spacial score (nSPS) is 16.3. The van der Waals surface area contributed by atoms with Crippen LogP contribution in [0.25, 0.3) is 6.08 Å². The summed E-state index contributed by atoms with van der Waals surface area (Å²) < 4.78 is 17.3.